The van der Waals surface area contributed by atoms with E-state index in [0.717, 1.165) is 30.5 Å². The van der Waals surface area contributed by atoms with E-state index in [0.29, 0.717) is 6.04 Å². The molecule has 0 spiro atoms. The van der Waals surface area contributed by atoms with Crippen LogP contribution in [0, 0.1) is 6.92 Å². The van der Waals surface area contributed by atoms with Gasteiger partial charge in [0.15, 0.2) is 0 Å². The second-order valence-electron chi connectivity index (χ2n) is 5.75. The molecule has 0 aromatic heterocycles. The maximum atomic E-state index is 12.2. The number of hydrogen-bond donors (Lipinski definition) is 2. The fourth-order valence-electron chi connectivity index (χ4n) is 2.96. The lowest BCUT2D eigenvalue weighted by Gasteiger charge is -2.18. The van der Waals surface area contributed by atoms with Crippen LogP contribution < -0.4 is 10.6 Å². The van der Waals surface area contributed by atoms with Gasteiger partial charge in [0.2, 0.25) is 0 Å². The molecule has 3 heteroatoms. The number of hydrogen-bond acceptors (Lipinski definition) is 1. The van der Waals surface area contributed by atoms with E-state index in [2.05, 4.69) is 23.6 Å². The van der Waals surface area contributed by atoms with E-state index in [1.54, 1.807) is 0 Å². The van der Waals surface area contributed by atoms with Crippen LogP contribution in [-0.4, -0.2) is 12.1 Å². The average molecular weight is 274 g/mol. The lowest BCUT2D eigenvalue weighted by Crippen LogP contribution is -2.37. The molecule has 20 heavy (non-hydrogen) atoms. The van der Waals surface area contributed by atoms with Crippen LogP contribution in [0.1, 0.15) is 56.6 Å². The Kier molecular flexibility index (Phi) is 5.45. The second kappa shape index (κ2) is 7.32. The summed E-state index contributed by atoms with van der Waals surface area (Å²) in [5, 5.41) is 6.18. The molecule has 2 amide bonds. The monoisotopic (exact) mass is 274 g/mol. The van der Waals surface area contributed by atoms with Crippen molar-refractivity contribution in [2.24, 2.45) is 0 Å². The molecule has 1 aliphatic carbocycles. The highest BCUT2D eigenvalue weighted by atomic mass is 16.2. The van der Waals surface area contributed by atoms with E-state index in [-0.39, 0.29) is 6.03 Å². The number of benzene rings is 1. The molecule has 1 fully saturated rings. The topological polar surface area (TPSA) is 41.1 Å². The van der Waals surface area contributed by atoms with Crippen LogP contribution in [0.2, 0.25) is 0 Å². The molecule has 0 unspecified atom stereocenters. The number of nitrogens with one attached hydrogen (secondary N) is 2. The first-order valence-electron chi connectivity index (χ1n) is 7.86. The molecule has 3 nitrogen and oxygen atoms in total. The number of para-hydroxylation sites is 1. The van der Waals surface area contributed by atoms with Gasteiger partial charge in [0.05, 0.1) is 0 Å². The highest BCUT2D eigenvalue weighted by Gasteiger charge is 2.15. The Bertz CT molecular complexity index is 448. The zero-order valence-corrected chi connectivity index (χ0v) is 12.7. The number of aryl methyl sites for hydroxylation is 2. The summed E-state index contributed by atoms with van der Waals surface area (Å²) in [6.07, 6.45) is 8.23. The minimum atomic E-state index is -0.0547. The predicted octanol–water partition coefficient (Wildman–Crippen LogP) is 4.40. The Balaban J connectivity index is 1.97. The lowest BCUT2D eigenvalue weighted by molar-refractivity contribution is 0.247. The Hall–Kier alpha value is -1.51. The summed E-state index contributed by atoms with van der Waals surface area (Å²) in [6.45, 7) is 4.16. The molecule has 1 aromatic rings. The number of carbonyl (C=O) groups is 1. The van der Waals surface area contributed by atoms with Gasteiger partial charge in [0.1, 0.15) is 0 Å². The zero-order chi connectivity index (χ0) is 14.4. The van der Waals surface area contributed by atoms with E-state index in [9.17, 15) is 4.79 Å². The van der Waals surface area contributed by atoms with Crippen molar-refractivity contribution in [1.82, 2.24) is 5.32 Å². The number of amides is 2. The van der Waals surface area contributed by atoms with Crippen LogP contribution in [0.5, 0.6) is 0 Å². The Labute approximate surface area is 122 Å². The number of rotatable bonds is 3. The molecule has 110 valence electrons. The molecule has 0 saturated heterocycles. The molecule has 1 saturated carbocycles. The van der Waals surface area contributed by atoms with Crippen LogP contribution in [-0.2, 0) is 6.42 Å². The average Bonchev–Trinajstić information content (AvgIpc) is 2.69. The Morgan fingerprint density at radius 2 is 1.90 bits per heavy atom. The molecule has 0 atom stereocenters. The van der Waals surface area contributed by atoms with Crippen molar-refractivity contribution in [3.63, 3.8) is 0 Å². The van der Waals surface area contributed by atoms with Gasteiger partial charge in [-0.15, -0.1) is 0 Å². The zero-order valence-electron chi connectivity index (χ0n) is 12.7. The van der Waals surface area contributed by atoms with E-state index < -0.39 is 0 Å². The molecule has 0 bridgehead atoms. The van der Waals surface area contributed by atoms with Crippen LogP contribution in [0.4, 0.5) is 10.5 Å². The number of carbonyl (C=O) groups excluding carboxylic acids is 1. The minimum absolute atomic E-state index is 0.0547. The van der Waals surface area contributed by atoms with Crippen molar-refractivity contribution in [3.8, 4) is 0 Å². The van der Waals surface area contributed by atoms with Crippen LogP contribution >= 0.6 is 0 Å². The van der Waals surface area contributed by atoms with Gasteiger partial charge in [-0.1, -0.05) is 50.8 Å². The molecular weight excluding hydrogens is 248 g/mol. The maximum absolute atomic E-state index is 12.2. The third kappa shape index (κ3) is 3.99. The Morgan fingerprint density at radius 1 is 1.20 bits per heavy atom. The van der Waals surface area contributed by atoms with E-state index in [1.165, 1.54) is 31.2 Å². The summed E-state index contributed by atoms with van der Waals surface area (Å²) in [5.41, 5.74) is 3.29. The van der Waals surface area contributed by atoms with E-state index in [1.807, 2.05) is 19.1 Å². The molecule has 1 aliphatic rings. The molecule has 0 radical (unpaired) electrons. The first-order valence-corrected chi connectivity index (χ1v) is 7.86. The van der Waals surface area contributed by atoms with Gasteiger partial charge >= 0.3 is 6.03 Å². The highest BCUT2D eigenvalue weighted by Crippen LogP contribution is 2.21. The summed E-state index contributed by atoms with van der Waals surface area (Å²) in [6, 6.07) is 6.45. The molecule has 0 aliphatic heterocycles. The van der Waals surface area contributed by atoms with Gasteiger partial charge in [-0.3, -0.25) is 0 Å². The predicted molar refractivity (Wildman–Crippen MR) is 84.2 cm³/mol. The first-order chi connectivity index (χ1) is 9.70. The summed E-state index contributed by atoms with van der Waals surface area (Å²) >= 11 is 0. The minimum Gasteiger partial charge on any atom is -0.335 e. The lowest BCUT2D eigenvalue weighted by atomic mass is 10.1. The second-order valence-corrected chi connectivity index (χ2v) is 5.75. The largest absolute Gasteiger partial charge is 0.335 e. The number of anilines is 1. The van der Waals surface area contributed by atoms with E-state index in [4.69, 9.17) is 0 Å². The van der Waals surface area contributed by atoms with E-state index >= 15 is 0 Å². The Morgan fingerprint density at radius 3 is 2.55 bits per heavy atom. The van der Waals surface area contributed by atoms with Crippen molar-refractivity contribution >= 4 is 11.7 Å². The highest BCUT2D eigenvalue weighted by molar-refractivity contribution is 5.91. The fourth-order valence-corrected chi connectivity index (χ4v) is 2.96. The summed E-state index contributed by atoms with van der Waals surface area (Å²) in [7, 11) is 0. The van der Waals surface area contributed by atoms with Gasteiger partial charge < -0.3 is 10.6 Å². The normalized spacial score (nSPS) is 16.5. The van der Waals surface area contributed by atoms with Crippen molar-refractivity contribution < 1.29 is 4.79 Å². The van der Waals surface area contributed by atoms with Gasteiger partial charge in [-0.05, 0) is 37.3 Å². The number of urea groups is 1. The van der Waals surface area contributed by atoms with Crippen LogP contribution in [0.15, 0.2) is 18.2 Å². The summed E-state index contributed by atoms with van der Waals surface area (Å²) in [5.74, 6) is 0. The quantitative estimate of drug-likeness (QED) is 0.788. The molecule has 1 aromatic carbocycles. The third-order valence-corrected chi connectivity index (χ3v) is 4.17. The van der Waals surface area contributed by atoms with Crippen molar-refractivity contribution in [2.45, 2.75) is 64.8 Å². The first kappa shape index (κ1) is 14.9. The molecule has 0 heterocycles. The SMILES string of the molecule is CCc1cccc(C)c1NC(=O)NC1CCCCCC1. The van der Waals surface area contributed by atoms with Gasteiger partial charge in [0, 0.05) is 11.7 Å². The van der Waals surface area contributed by atoms with Crippen molar-refractivity contribution in [2.75, 3.05) is 5.32 Å². The third-order valence-electron chi connectivity index (χ3n) is 4.17. The van der Waals surface area contributed by atoms with Crippen molar-refractivity contribution in [1.29, 1.82) is 0 Å². The summed E-state index contributed by atoms with van der Waals surface area (Å²) in [4.78, 5) is 12.2. The fraction of sp³-hybridized carbons (Fsp3) is 0.588. The van der Waals surface area contributed by atoms with Gasteiger partial charge in [-0.2, -0.15) is 0 Å². The van der Waals surface area contributed by atoms with Gasteiger partial charge in [-0.25, -0.2) is 4.79 Å². The molecule has 2 N–H and O–H groups in total. The molecule has 2 rings (SSSR count). The smallest absolute Gasteiger partial charge is 0.319 e. The van der Waals surface area contributed by atoms with Crippen LogP contribution in [0.25, 0.3) is 0 Å². The molecular formula is C17H26N2O. The van der Waals surface area contributed by atoms with Gasteiger partial charge in [0.25, 0.3) is 0 Å². The summed E-state index contributed by atoms with van der Waals surface area (Å²) < 4.78 is 0. The standard InChI is InChI=1S/C17H26N2O/c1-3-14-10-8-9-13(2)16(14)19-17(20)18-15-11-6-4-5-7-12-15/h8-10,15H,3-7,11-12H2,1-2H3,(H2,18,19,20). The van der Waals surface area contributed by atoms with Crippen LogP contribution in [0.3, 0.4) is 0 Å². The van der Waals surface area contributed by atoms with Crippen molar-refractivity contribution in [3.05, 3.63) is 29.3 Å². The maximum Gasteiger partial charge on any atom is 0.319 e.